The number of hydrogen-bond acceptors (Lipinski definition) is 1. The van der Waals surface area contributed by atoms with E-state index in [9.17, 15) is 0 Å². The summed E-state index contributed by atoms with van der Waals surface area (Å²) in [6.07, 6.45) is 4.55. The highest BCUT2D eigenvalue weighted by molar-refractivity contribution is 7.80. The minimum Gasteiger partial charge on any atom is -0.363 e. The van der Waals surface area contributed by atoms with Crippen LogP contribution in [0.5, 0.6) is 0 Å². The Bertz CT molecular complexity index is 338. The number of hydrogen-bond donors (Lipinski definition) is 2. The number of nitrogens with one attached hydrogen (secondary N) is 2. The predicted octanol–water partition coefficient (Wildman–Crippen LogP) is 3.27. The van der Waals surface area contributed by atoms with E-state index in [1.165, 1.54) is 18.4 Å². The highest BCUT2D eigenvalue weighted by Crippen LogP contribution is 2.04. The first-order valence-corrected chi connectivity index (χ1v) is 7.21. The molecule has 0 spiro atoms. The third-order valence-corrected chi connectivity index (χ3v) is 3.16. The van der Waals surface area contributed by atoms with E-state index in [0.717, 1.165) is 24.5 Å². The standard InChI is InChI=1S/C15H24N2S/c1-3-4-12-16-15(18)17-13(2)10-11-14-8-6-5-7-9-14/h5-9,13H,3-4,10-12H2,1-2H3,(H2,16,17,18). The van der Waals surface area contributed by atoms with Gasteiger partial charge in [0.15, 0.2) is 5.11 Å². The Labute approximate surface area is 116 Å². The second kappa shape index (κ2) is 8.92. The maximum absolute atomic E-state index is 5.25. The van der Waals surface area contributed by atoms with Crippen molar-refractivity contribution in [2.45, 2.75) is 45.6 Å². The van der Waals surface area contributed by atoms with E-state index in [2.05, 4.69) is 54.8 Å². The largest absolute Gasteiger partial charge is 0.363 e. The first-order chi connectivity index (χ1) is 8.72. The van der Waals surface area contributed by atoms with Gasteiger partial charge < -0.3 is 10.6 Å². The normalized spacial score (nSPS) is 11.9. The molecule has 0 saturated heterocycles. The third kappa shape index (κ3) is 6.60. The van der Waals surface area contributed by atoms with Gasteiger partial charge in [0.05, 0.1) is 0 Å². The molecule has 0 aliphatic rings. The summed E-state index contributed by atoms with van der Waals surface area (Å²) in [5, 5.41) is 7.34. The first-order valence-electron chi connectivity index (χ1n) is 6.80. The van der Waals surface area contributed by atoms with Crippen molar-refractivity contribution in [1.29, 1.82) is 0 Å². The van der Waals surface area contributed by atoms with E-state index < -0.39 is 0 Å². The van der Waals surface area contributed by atoms with Crippen LogP contribution in [0.1, 0.15) is 38.7 Å². The van der Waals surface area contributed by atoms with Gasteiger partial charge in [-0.2, -0.15) is 0 Å². The summed E-state index contributed by atoms with van der Waals surface area (Å²) in [4.78, 5) is 0. The first kappa shape index (κ1) is 15.0. The SMILES string of the molecule is CCCCNC(=S)NC(C)CCc1ccccc1. The molecule has 1 rings (SSSR count). The Morgan fingerprint density at radius 1 is 1.28 bits per heavy atom. The van der Waals surface area contributed by atoms with Gasteiger partial charge in [-0.05, 0) is 44.0 Å². The van der Waals surface area contributed by atoms with Crippen molar-refractivity contribution in [1.82, 2.24) is 10.6 Å². The van der Waals surface area contributed by atoms with Crippen LogP contribution in [-0.2, 0) is 6.42 Å². The average Bonchev–Trinajstić information content (AvgIpc) is 2.38. The molecule has 0 fully saturated rings. The van der Waals surface area contributed by atoms with Crippen LogP contribution in [0.3, 0.4) is 0 Å². The van der Waals surface area contributed by atoms with Crippen molar-refractivity contribution in [3.63, 3.8) is 0 Å². The molecule has 1 aromatic rings. The molecular formula is C15H24N2S. The molecule has 18 heavy (non-hydrogen) atoms. The van der Waals surface area contributed by atoms with Gasteiger partial charge in [-0.3, -0.25) is 0 Å². The Morgan fingerprint density at radius 2 is 2.00 bits per heavy atom. The molecule has 0 saturated carbocycles. The Hall–Kier alpha value is -1.09. The maximum Gasteiger partial charge on any atom is 0.166 e. The number of thiocarbonyl (C=S) groups is 1. The van der Waals surface area contributed by atoms with Crippen LogP contribution in [0, 0.1) is 0 Å². The lowest BCUT2D eigenvalue weighted by Crippen LogP contribution is -2.41. The van der Waals surface area contributed by atoms with Crippen molar-refractivity contribution in [2.75, 3.05) is 6.54 Å². The van der Waals surface area contributed by atoms with E-state index in [1.807, 2.05) is 0 Å². The van der Waals surface area contributed by atoms with Crippen LogP contribution in [-0.4, -0.2) is 17.7 Å². The lowest BCUT2D eigenvalue weighted by molar-refractivity contribution is 0.597. The van der Waals surface area contributed by atoms with Crippen LogP contribution in [0.4, 0.5) is 0 Å². The number of unbranched alkanes of at least 4 members (excludes halogenated alkanes) is 1. The summed E-state index contributed by atoms with van der Waals surface area (Å²) in [5.74, 6) is 0. The molecule has 2 nitrogen and oxygen atoms in total. The van der Waals surface area contributed by atoms with Crippen molar-refractivity contribution >= 4 is 17.3 Å². The topological polar surface area (TPSA) is 24.1 Å². The van der Waals surface area contributed by atoms with Crippen LogP contribution in [0.15, 0.2) is 30.3 Å². The highest BCUT2D eigenvalue weighted by atomic mass is 32.1. The molecule has 1 unspecified atom stereocenters. The number of benzene rings is 1. The minimum absolute atomic E-state index is 0.409. The fraction of sp³-hybridized carbons (Fsp3) is 0.533. The molecule has 0 amide bonds. The summed E-state index contributed by atoms with van der Waals surface area (Å²) >= 11 is 5.25. The molecule has 1 aromatic carbocycles. The van der Waals surface area contributed by atoms with Gasteiger partial charge in [-0.25, -0.2) is 0 Å². The molecule has 0 aliphatic heterocycles. The lowest BCUT2D eigenvalue weighted by Gasteiger charge is -2.16. The molecule has 0 aliphatic carbocycles. The fourth-order valence-corrected chi connectivity index (χ4v) is 2.06. The minimum atomic E-state index is 0.409. The Morgan fingerprint density at radius 3 is 2.67 bits per heavy atom. The molecule has 2 N–H and O–H groups in total. The highest BCUT2D eigenvalue weighted by Gasteiger charge is 2.03. The zero-order valence-corrected chi connectivity index (χ0v) is 12.2. The second-order valence-electron chi connectivity index (χ2n) is 4.68. The molecular weight excluding hydrogens is 240 g/mol. The smallest absolute Gasteiger partial charge is 0.166 e. The number of rotatable bonds is 7. The van der Waals surface area contributed by atoms with E-state index in [-0.39, 0.29) is 0 Å². The maximum atomic E-state index is 5.25. The van der Waals surface area contributed by atoms with Gasteiger partial charge in [-0.15, -0.1) is 0 Å². The zero-order valence-electron chi connectivity index (χ0n) is 11.4. The predicted molar refractivity (Wildman–Crippen MR) is 82.9 cm³/mol. The van der Waals surface area contributed by atoms with Crippen LogP contribution in [0.25, 0.3) is 0 Å². The van der Waals surface area contributed by atoms with Gasteiger partial charge in [-0.1, -0.05) is 43.7 Å². The molecule has 0 heterocycles. The molecule has 0 bridgehead atoms. The number of aryl methyl sites for hydroxylation is 1. The van der Waals surface area contributed by atoms with E-state index in [1.54, 1.807) is 0 Å². The Kier molecular flexibility index (Phi) is 7.42. The molecule has 0 radical (unpaired) electrons. The van der Waals surface area contributed by atoms with Gasteiger partial charge in [0.1, 0.15) is 0 Å². The van der Waals surface area contributed by atoms with Gasteiger partial charge >= 0.3 is 0 Å². The molecule has 0 aromatic heterocycles. The van der Waals surface area contributed by atoms with Crippen molar-refractivity contribution < 1.29 is 0 Å². The van der Waals surface area contributed by atoms with E-state index in [4.69, 9.17) is 12.2 Å². The summed E-state index contributed by atoms with van der Waals surface area (Å²) in [6, 6.07) is 11.0. The zero-order chi connectivity index (χ0) is 13.2. The lowest BCUT2D eigenvalue weighted by atomic mass is 10.1. The van der Waals surface area contributed by atoms with Crippen LogP contribution < -0.4 is 10.6 Å². The van der Waals surface area contributed by atoms with Crippen LogP contribution in [0.2, 0.25) is 0 Å². The van der Waals surface area contributed by atoms with Gasteiger partial charge in [0.25, 0.3) is 0 Å². The summed E-state index contributed by atoms with van der Waals surface area (Å²) in [5.41, 5.74) is 1.39. The summed E-state index contributed by atoms with van der Waals surface area (Å²) in [6.45, 7) is 5.32. The second-order valence-corrected chi connectivity index (χ2v) is 5.09. The fourth-order valence-electron chi connectivity index (χ4n) is 1.75. The van der Waals surface area contributed by atoms with Gasteiger partial charge in [0.2, 0.25) is 0 Å². The van der Waals surface area contributed by atoms with Crippen molar-refractivity contribution in [3.8, 4) is 0 Å². The van der Waals surface area contributed by atoms with E-state index in [0.29, 0.717) is 6.04 Å². The summed E-state index contributed by atoms with van der Waals surface area (Å²) < 4.78 is 0. The average molecular weight is 264 g/mol. The quantitative estimate of drug-likeness (QED) is 0.584. The monoisotopic (exact) mass is 264 g/mol. The van der Waals surface area contributed by atoms with Crippen molar-refractivity contribution in [3.05, 3.63) is 35.9 Å². The third-order valence-electron chi connectivity index (χ3n) is 2.90. The summed E-state index contributed by atoms with van der Waals surface area (Å²) in [7, 11) is 0. The van der Waals surface area contributed by atoms with Crippen molar-refractivity contribution in [2.24, 2.45) is 0 Å². The molecule has 1 atom stereocenters. The molecule has 100 valence electrons. The van der Waals surface area contributed by atoms with Crippen LogP contribution >= 0.6 is 12.2 Å². The van der Waals surface area contributed by atoms with Gasteiger partial charge in [0, 0.05) is 12.6 Å². The molecule has 3 heteroatoms. The van der Waals surface area contributed by atoms with E-state index >= 15 is 0 Å². The Balaban J connectivity index is 2.17.